The van der Waals surface area contributed by atoms with Crippen molar-refractivity contribution >= 4 is 44.9 Å². The average molecular weight is 520 g/mol. The summed E-state index contributed by atoms with van der Waals surface area (Å²) in [5.74, 6) is 1.74. The van der Waals surface area contributed by atoms with Crippen LogP contribution in [-0.4, -0.2) is 34.6 Å². The second-order valence-corrected chi connectivity index (χ2v) is 12.2. The molecule has 2 aromatic heterocycles. The number of hydrogen-bond acceptors (Lipinski definition) is 6. The van der Waals surface area contributed by atoms with Gasteiger partial charge in [0.1, 0.15) is 0 Å². The van der Waals surface area contributed by atoms with Crippen molar-refractivity contribution in [3.8, 4) is 10.4 Å². The molecule has 0 amide bonds. The van der Waals surface area contributed by atoms with Crippen molar-refractivity contribution in [2.75, 3.05) is 23.3 Å². The quantitative estimate of drug-likeness (QED) is 0.280. The Kier molecular flexibility index (Phi) is 7.20. The van der Waals surface area contributed by atoms with E-state index in [-0.39, 0.29) is 5.54 Å². The highest BCUT2D eigenvalue weighted by molar-refractivity contribution is 7.22. The molecule has 1 aliphatic heterocycles. The highest BCUT2D eigenvalue weighted by atomic mass is 35.5. The second kappa shape index (κ2) is 10.4. The lowest BCUT2D eigenvalue weighted by molar-refractivity contribution is 0.413. The molecule has 0 unspecified atom stereocenters. The summed E-state index contributed by atoms with van der Waals surface area (Å²) in [5, 5.41) is 8.00. The molecule has 7 heteroatoms. The Morgan fingerprint density at radius 1 is 1.00 bits per heavy atom. The molecule has 2 N–H and O–H groups in total. The number of aromatic nitrogens is 2. The van der Waals surface area contributed by atoms with Gasteiger partial charge in [-0.3, -0.25) is 0 Å². The molecular formula is C29H34ClN5S. The number of anilines is 2. The van der Waals surface area contributed by atoms with Crippen LogP contribution in [0.5, 0.6) is 0 Å². The number of piperidine rings is 1. The zero-order valence-electron chi connectivity index (χ0n) is 21.4. The number of rotatable bonds is 6. The van der Waals surface area contributed by atoms with Gasteiger partial charge in [-0.25, -0.2) is 4.98 Å². The van der Waals surface area contributed by atoms with E-state index in [2.05, 4.69) is 85.7 Å². The van der Waals surface area contributed by atoms with Crippen molar-refractivity contribution in [1.29, 1.82) is 0 Å². The van der Waals surface area contributed by atoms with E-state index >= 15 is 0 Å². The van der Waals surface area contributed by atoms with Crippen molar-refractivity contribution in [2.45, 2.75) is 58.7 Å². The Bertz CT molecular complexity index is 1320. The minimum Gasteiger partial charge on any atom is -0.355 e. The number of nitrogens with one attached hydrogen (secondary N) is 2. The van der Waals surface area contributed by atoms with Crippen LogP contribution in [0.2, 0.25) is 5.02 Å². The third kappa shape index (κ3) is 6.00. The van der Waals surface area contributed by atoms with Gasteiger partial charge in [0, 0.05) is 41.1 Å². The summed E-state index contributed by atoms with van der Waals surface area (Å²) >= 11 is 7.82. The third-order valence-corrected chi connectivity index (χ3v) is 7.90. The summed E-state index contributed by atoms with van der Waals surface area (Å²) < 4.78 is 1.16. The summed E-state index contributed by atoms with van der Waals surface area (Å²) in [5.41, 5.74) is 4.66. The fourth-order valence-electron chi connectivity index (χ4n) is 4.54. The molecule has 0 saturated carbocycles. The van der Waals surface area contributed by atoms with Crippen LogP contribution >= 0.6 is 22.9 Å². The van der Waals surface area contributed by atoms with Gasteiger partial charge in [0.15, 0.2) is 5.82 Å². The first-order chi connectivity index (χ1) is 17.2. The lowest BCUT2D eigenvalue weighted by Crippen LogP contribution is -2.42. The van der Waals surface area contributed by atoms with E-state index in [9.17, 15) is 0 Å². The predicted molar refractivity (Wildman–Crippen MR) is 154 cm³/mol. The molecule has 188 valence electrons. The number of halogens is 1. The van der Waals surface area contributed by atoms with E-state index in [1.807, 2.05) is 12.1 Å². The Morgan fingerprint density at radius 2 is 1.69 bits per heavy atom. The molecule has 0 radical (unpaired) electrons. The van der Waals surface area contributed by atoms with Crippen LogP contribution in [0.3, 0.4) is 0 Å². The summed E-state index contributed by atoms with van der Waals surface area (Å²) in [6.07, 6.45) is 2.16. The maximum Gasteiger partial charge on any atom is 0.225 e. The second-order valence-electron chi connectivity index (χ2n) is 10.7. The molecule has 36 heavy (non-hydrogen) atoms. The summed E-state index contributed by atoms with van der Waals surface area (Å²) in [4.78, 5) is 13.6. The highest BCUT2D eigenvalue weighted by Crippen LogP contribution is 2.39. The van der Waals surface area contributed by atoms with E-state index in [1.165, 1.54) is 21.6 Å². The Hall–Kier alpha value is -2.67. The van der Waals surface area contributed by atoms with Crippen molar-refractivity contribution < 1.29 is 0 Å². The zero-order chi connectivity index (χ0) is 25.3. The van der Waals surface area contributed by atoms with Crippen molar-refractivity contribution in [3.05, 3.63) is 70.7 Å². The molecule has 1 saturated heterocycles. The number of fused-ring (bicyclic) bond motifs is 1. The monoisotopic (exact) mass is 519 g/mol. The van der Waals surface area contributed by atoms with Crippen LogP contribution in [-0.2, 0) is 6.54 Å². The smallest absolute Gasteiger partial charge is 0.225 e. The normalized spacial score (nSPS) is 15.0. The Labute approximate surface area is 222 Å². The minimum atomic E-state index is -0.112. The van der Waals surface area contributed by atoms with Gasteiger partial charge in [-0.1, -0.05) is 53.6 Å². The molecule has 2 aromatic carbocycles. The fourth-order valence-corrected chi connectivity index (χ4v) is 5.79. The average Bonchev–Trinajstić information content (AvgIpc) is 3.27. The van der Waals surface area contributed by atoms with E-state index in [1.54, 1.807) is 11.3 Å². The van der Waals surface area contributed by atoms with Crippen LogP contribution in [0.4, 0.5) is 11.8 Å². The molecular weight excluding hydrogens is 486 g/mol. The SMILES string of the molecule is Cc1ccc(-c2cc3nc(NC(C)(C)C)nc(N4CCC(NCc5ccc(Cl)cc5)CC4)c3s2)cc1. The number of benzene rings is 2. The van der Waals surface area contributed by atoms with Gasteiger partial charge >= 0.3 is 0 Å². The minimum absolute atomic E-state index is 0.112. The lowest BCUT2D eigenvalue weighted by Gasteiger charge is -2.34. The summed E-state index contributed by atoms with van der Waals surface area (Å²) in [6.45, 7) is 11.4. The van der Waals surface area contributed by atoms with Crippen molar-refractivity contribution in [3.63, 3.8) is 0 Å². The van der Waals surface area contributed by atoms with E-state index in [0.717, 1.165) is 53.5 Å². The van der Waals surface area contributed by atoms with Crippen LogP contribution in [0, 0.1) is 6.92 Å². The van der Waals surface area contributed by atoms with Crippen molar-refractivity contribution in [2.24, 2.45) is 0 Å². The van der Waals surface area contributed by atoms with Crippen LogP contribution in [0.15, 0.2) is 54.6 Å². The van der Waals surface area contributed by atoms with Crippen LogP contribution < -0.4 is 15.5 Å². The predicted octanol–water partition coefficient (Wildman–Crippen LogP) is 7.29. The lowest BCUT2D eigenvalue weighted by atomic mass is 10.0. The summed E-state index contributed by atoms with van der Waals surface area (Å²) in [7, 11) is 0. The summed E-state index contributed by atoms with van der Waals surface area (Å²) in [6, 6.07) is 19.5. The van der Waals surface area contributed by atoms with Gasteiger partial charge in [-0.05, 0) is 69.9 Å². The molecule has 0 atom stereocenters. The number of nitrogens with zero attached hydrogens (tertiary/aromatic N) is 3. The standard InChI is InChI=1S/C29H34ClN5S/c1-19-5-9-21(10-6-19)25-17-24-26(36-25)27(33-28(32-24)34-29(2,3)4)35-15-13-23(14-16-35)31-18-20-7-11-22(30)12-8-20/h5-12,17,23,31H,13-16,18H2,1-4H3,(H,32,33,34). The molecule has 1 fully saturated rings. The van der Waals surface area contributed by atoms with Gasteiger partial charge in [-0.15, -0.1) is 11.3 Å². The molecule has 1 aliphatic rings. The fraction of sp³-hybridized carbons (Fsp3) is 0.379. The largest absolute Gasteiger partial charge is 0.355 e. The maximum atomic E-state index is 6.03. The van der Waals surface area contributed by atoms with E-state index in [4.69, 9.17) is 21.6 Å². The van der Waals surface area contributed by atoms with Gasteiger partial charge in [0.25, 0.3) is 0 Å². The van der Waals surface area contributed by atoms with Crippen molar-refractivity contribution in [1.82, 2.24) is 15.3 Å². The topological polar surface area (TPSA) is 53.1 Å². The molecule has 0 spiro atoms. The highest BCUT2D eigenvalue weighted by Gasteiger charge is 2.24. The molecule has 0 bridgehead atoms. The molecule has 0 aliphatic carbocycles. The molecule has 3 heterocycles. The number of aryl methyl sites for hydroxylation is 1. The Balaban J connectivity index is 1.37. The van der Waals surface area contributed by atoms with E-state index in [0.29, 0.717) is 12.0 Å². The Morgan fingerprint density at radius 3 is 2.36 bits per heavy atom. The maximum absolute atomic E-state index is 6.03. The zero-order valence-corrected chi connectivity index (χ0v) is 23.0. The molecule has 4 aromatic rings. The van der Waals surface area contributed by atoms with Gasteiger partial charge in [0.05, 0.1) is 10.2 Å². The van der Waals surface area contributed by atoms with E-state index < -0.39 is 0 Å². The van der Waals surface area contributed by atoms with Gasteiger partial charge in [0.2, 0.25) is 5.95 Å². The van der Waals surface area contributed by atoms with Gasteiger partial charge in [-0.2, -0.15) is 4.98 Å². The van der Waals surface area contributed by atoms with Gasteiger partial charge < -0.3 is 15.5 Å². The van der Waals surface area contributed by atoms with Crippen LogP contribution in [0.1, 0.15) is 44.7 Å². The molecule has 5 nitrogen and oxygen atoms in total. The third-order valence-electron chi connectivity index (χ3n) is 6.48. The first-order valence-electron chi connectivity index (χ1n) is 12.6. The first kappa shape index (κ1) is 25.0. The van der Waals surface area contributed by atoms with Crippen LogP contribution in [0.25, 0.3) is 20.7 Å². The molecule has 5 rings (SSSR count). The number of thiophene rings is 1. The number of hydrogen-bond donors (Lipinski definition) is 2. The first-order valence-corrected chi connectivity index (χ1v) is 13.8.